The standard InChI is InChI=1S/C23H28N4O4S/c1-3-16(2)20-11-7-12-21(23(29)26-15-18-9-4-5-13-25-18)27(20)32(30,31)19-10-6-8-17(14-19)22(24)28/h3-6,8-10,13-14,16,20-21H,1,7,11-12,15H2,2H3,(H2,24,28)(H,26,29)/t16-,20+,21?/m1/s1. The number of benzene rings is 1. The lowest BCUT2D eigenvalue weighted by Crippen LogP contribution is -2.57. The Morgan fingerprint density at radius 1 is 1.28 bits per heavy atom. The van der Waals surface area contributed by atoms with E-state index < -0.39 is 28.0 Å². The molecule has 2 heterocycles. The largest absolute Gasteiger partial charge is 0.366 e. The lowest BCUT2D eigenvalue weighted by molar-refractivity contribution is -0.126. The van der Waals surface area contributed by atoms with Crippen LogP contribution in [0.3, 0.4) is 0 Å². The minimum Gasteiger partial charge on any atom is -0.366 e. The number of carbonyl (C=O) groups excluding carboxylic acids is 2. The Morgan fingerprint density at radius 2 is 2.06 bits per heavy atom. The highest BCUT2D eigenvalue weighted by Gasteiger charge is 2.44. The zero-order chi connectivity index (χ0) is 23.3. The molecule has 0 saturated carbocycles. The molecule has 1 aliphatic heterocycles. The molecular weight excluding hydrogens is 428 g/mol. The molecule has 1 fully saturated rings. The highest BCUT2D eigenvalue weighted by Crippen LogP contribution is 2.34. The number of sulfonamides is 1. The van der Waals surface area contributed by atoms with Gasteiger partial charge in [-0.3, -0.25) is 14.6 Å². The first kappa shape index (κ1) is 23.6. The van der Waals surface area contributed by atoms with Gasteiger partial charge < -0.3 is 11.1 Å². The number of piperidine rings is 1. The Morgan fingerprint density at radius 3 is 2.72 bits per heavy atom. The van der Waals surface area contributed by atoms with Crippen LogP contribution in [0, 0.1) is 5.92 Å². The van der Waals surface area contributed by atoms with Gasteiger partial charge in [0.25, 0.3) is 0 Å². The Labute approximate surface area is 188 Å². The van der Waals surface area contributed by atoms with Gasteiger partial charge in [0.2, 0.25) is 21.8 Å². The van der Waals surface area contributed by atoms with Crippen molar-refractivity contribution in [2.45, 2.75) is 49.7 Å². The van der Waals surface area contributed by atoms with Crippen LogP contribution in [0.5, 0.6) is 0 Å². The van der Waals surface area contributed by atoms with Crippen molar-refractivity contribution in [1.82, 2.24) is 14.6 Å². The predicted octanol–water partition coefficient (Wildman–Crippen LogP) is 2.23. The minimum absolute atomic E-state index is 0.0699. The topological polar surface area (TPSA) is 122 Å². The van der Waals surface area contributed by atoms with E-state index in [0.29, 0.717) is 25.0 Å². The summed E-state index contributed by atoms with van der Waals surface area (Å²) in [6, 6.07) is 9.66. The van der Waals surface area contributed by atoms with Crippen molar-refractivity contribution in [3.05, 3.63) is 72.6 Å². The lowest BCUT2D eigenvalue weighted by atomic mass is 9.90. The highest BCUT2D eigenvalue weighted by atomic mass is 32.2. The van der Waals surface area contributed by atoms with Crippen molar-refractivity contribution in [2.24, 2.45) is 11.7 Å². The van der Waals surface area contributed by atoms with Gasteiger partial charge in [-0.25, -0.2) is 8.42 Å². The summed E-state index contributed by atoms with van der Waals surface area (Å²) in [6.07, 6.45) is 5.03. The molecule has 1 aromatic carbocycles. The zero-order valence-corrected chi connectivity index (χ0v) is 18.8. The van der Waals surface area contributed by atoms with Crippen LogP contribution in [-0.4, -0.2) is 41.6 Å². The van der Waals surface area contributed by atoms with E-state index in [1.165, 1.54) is 28.6 Å². The van der Waals surface area contributed by atoms with Crippen LogP contribution < -0.4 is 11.1 Å². The Hall–Kier alpha value is -3.04. The van der Waals surface area contributed by atoms with Gasteiger partial charge in [-0.05, 0) is 55.5 Å². The monoisotopic (exact) mass is 456 g/mol. The van der Waals surface area contributed by atoms with E-state index in [-0.39, 0.29) is 28.8 Å². The molecule has 0 aliphatic carbocycles. The molecule has 2 aromatic rings. The Bertz CT molecular complexity index is 1090. The number of hydrogen-bond donors (Lipinski definition) is 2. The van der Waals surface area contributed by atoms with E-state index in [4.69, 9.17) is 5.73 Å². The van der Waals surface area contributed by atoms with Crippen LogP contribution in [0.25, 0.3) is 0 Å². The van der Waals surface area contributed by atoms with E-state index in [0.717, 1.165) is 0 Å². The number of nitrogens with zero attached hydrogens (tertiary/aromatic N) is 2. The van der Waals surface area contributed by atoms with Crippen LogP contribution in [0.1, 0.15) is 42.2 Å². The maximum absolute atomic E-state index is 13.7. The molecule has 1 aromatic heterocycles. The third kappa shape index (κ3) is 5.05. The van der Waals surface area contributed by atoms with Crippen molar-refractivity contribution in [3.8, 4) is 0 Å². The summed E-state index contributed by atoms with van der Waals surface area (Å²) in [4.78, 5) is 28.9. The van der Waals surface area contributed by atoms with Crippen LogP contribution in [0.15, 0.2) is 66.2 Å². The normalized spacial score (nSPS) is 20.3. The van der Waals surface area contributed by atoms with E-state index >= 15 is 0 Å². The molecule has 2 amide bonds. The fourth-order valence-electron chi connectivity index (χ4n) is 3.98. The van der Waals surface area contributed by atoms with E-state index in [2.05, 4.69) is 16.9 Å². The predicted molar refractivity (Wildman–Crippen MR) is 121 cm³/mol. The second-order valence-corrected chi connectivity index (χ2v) is 9.72. The number of aromatic nitrogens is 1. The summed E-state index contributed by atoms with van der Waals surface area (Å²) >= 11 is 0. The second kappa shape index (κ2) is 10.1. The molecular formula is C23H28N4O4S. The fraction of sp³-hybridized carbons (Fsp3) is 0.348. The van der Waals surface area contributed by atoms with Gasteiger partial charge in [0.1, 0.15) is 6.04 Å². The summed E-state index contributed by atoms with van der Waals surface area (Å²) in [5.74, 6) is -1.27. The van der Waals surface area contributed by atoms with Crippen LogP contribution in [-0.2, 0) is 21.4 Å². The Balaban J connectivity index is 1.96. The summed E-state index contributed by atoms with van der Waals surface area (Å²) < 4.78 is 28.7. The molecule has 9 heteroatoms. The zero-order valence-electron chi connectivity index (χ0n) is 18.0. The van der Waals surface area contributed by atoms with Crippen molar-refractivity contribution >= 4 is 21.8 Å². The van der Waals surface area contributed by atoms with Gasteiger partial charge in [-0.1, -0.05) is 25.1 Å². The number of pyridine rings is 1. The Kier molecular flexibility index (Phi) is 7.42. The maximum Gasteiger partial charge on any atom is 0.248 e. The minimum atomic E-state index is -4.10. The molecule has 8 nitrogen and oxygen atoms in total. The van der Waals surface area contributed by atoms with Gasteiger partial charge in [-0.2, -0.15) is 4.31 Å². The van der Waals surface area contributed by atoms with Crippen LogP contribution in [0.4, 0.5) is 0 Å². The van der Waals surface area contributed by atoms with Gasteiger partial charge in [0, 0.05) is 17.8 Å². The fourth-order valence-corrected chi connectivity index (χ4v) is 5.94. The second-order valence-electron chi connectivity index (χ2n) is 7.87. The van der Waals surface area contributed by atoms with Crippen LogP contribution >= 0.6 is 0 Å². The molecule has 1 aliphatic rings. The van der Waals surface area contributed by atoms with Crippen molar-refractivity contribution < 1.29 is 18.0 Å². The highest BCUT2D eigenvalue weighted by molar-refractivity contribution is 7.89. The third-order valence-electron chi connectivity index (χ3n) is 5.76. The van der Waals surface area contributed by atoms with Gasteiger partial charge in [0.05, 0.1) is 17.1 Å². The summed E-state index contributed by atoms with van der Waals surface area (Å²) in [5.41, 5.74) is 6.11. The number of hydrogen-bond acceptors (Lipinski definition) is 5. The molecule has 3 N–H and O–H groups in total. The first-order chi connectivity index (χ1) is 15.3. The van der Waals surface area contributed by atoms with Crippen molar-refractivity contribution in [2.75, 3.05) is 0 Å². The first-order valence-electron chi connectivity index (χ1n) is 10.5. The van der Waals surface area contributed by atoms with Crippen molar-refractivity contribution in [3.63, 3.8) is 0 Å². The molecule has 3 rings (SSSR count). The first-order valence-corrected chi connectivity index (χ1v) is 11.9. The molecule has 170 valence electrons. The quantitative estimate of drug-likeness (QED) is 0.590. The smallest absolute Gasteiger partial charge is 0.248 e. The van der Waals surface area contributed by atoms with Gasteiger partial charge in [0.15, 0.2) is 0 Å². The van der Waals surface area contributed by atoms with Crippen molar-refractivity contribution in [1.29, 1.82) is 0 Å². The molecule has 0 bridgehead atoms. The van der Waals surface area contributed by atoms with E-state index in [1.807, 2.05) is 13.0 Å². The van der Waals surface area contributed by atoms with Gasteiger partial charge >= 0.3 is 0 Å². The van der Waals surface area contributed by atoms with Crippen LogP contribution in [0.2, 0.25) is 0 Å². The van der Waals surface area contributed by atoms with E-state index in [9.17, 15) is 18.0 Å². The number of amides is 2. The average Bonchev–Trinajstić information content (AvgIpc) is 2.82. The third-order valence-corrected chi connectivity index (χ3v) is 7.69. The number of nitrogens with one attached hydrogen (secondary N) is 1. The lowest BCUT2D eigenvalue weighted by Gasteiger charge is -2.42. The summed E-state index contributed by atoms with van der Waals surface area (Å²) in [5, 5.41) is 2.82. The molecule has 1 saturated heterocycles. The van der Waals surface area contributed by atoms with E-state index in [1.54, 1.807) is 24.4 Å². The molecule has 32 heavy (non-hydrogen) atoms. The summed E-state index contributed by atoms with van der Waals surface area (Å²) in [7, 11) is -4.10. The molecule has 0 radical (unpaired) electrons. The van der Waals surface area contributed by atoms with Gasteiger partial charge in [-0.15, -0.1) is 6.58 Å². The number of rotatable bonds is 8. The number of carbonyl (C=O) groups is 2. The number of primary amides is 1. The average molecular weight is 457 g/mol. The maximum atomic E-state index is 13.7. The SMILES string of the molecule is C=C[C@@H](C)[C@@H]1CCCC(C(=O)NCc2ccccn2)N1S(=O)(=O)c1cccc(C(N)=O)c1. The molecule has 3 atom stereocenters. The number of nitrogens with two attached hydrogens (primary N) is 1. The molecule has 1 unspecified atom stereocenters. The summed E-state index contributed by atoms with van der Waals surface area (Å²) in [6.45, 7) is 5.90. The molecule has 0 spiro atoms.